The molecule has 7 heteroatoms. The van der Waals surface area contributed by atoms with E-state index >= 15 is 0 Å². The van der Waals surface area contributed by atoms with E-state index in [-0.39, 0.29) is 16.3 Å². The minimum Gasteiger partial charge on any atom is -0.409 e. The molecule has 0 unspecified atom stereocenters. The van der Waals surface area contributed by atoms with E-state index in [1.807, 2.05) is 0 Å². The fourth-order valence-corrected chi connectivity index (χ4v) is 2.45. The second kappa shape index (κ2) is 5.62. The summed E-state index contributed by atoms with van der Waals surface area (Å²) in [6.45, 7) is 1.79. The zero-order valence-electron chi connectivity index (χ0n) is 11.3. The second-order valence-electron chi connectivity index (χ2n) is 4.57. The Balaban J connectivity index is 2.21. The molecule has 22 heavy (non-hydrogen) atoms. The predicted octanol–water partition coefficient (Wildman–Crippen LogP) is 5.10. The third-order valence-corrected chi connectivity index (χ3v) is 3.86. The Labute approximate surface area is 134 Å². The molecule has 0 saturated carbocycles. The van der Waals surface area contributed by atoms with Crippen LogP contribution in [0.15, 0.2) is 40.8 Å². The van der Waals surface area contributed by atoms with E-state index in [1.54, 1.807) is 25.1 Å². The number of aromatic nitrogens is 2. The lowest BCUT2D eigenvalue weighted by molar-refractivity contribution is 0.525. The SMILES string of the molecule is Cc1c(Cl)cccc1-n1nc(-c2c(F)cccc2F)oc1=S. The molecule has 3 nitrogen and oxygen atoms in total. The molecule has 0 bridgehead atoms. The van der Waals surface area contributed by atoms with Crippen LogP contribution in [0.3, 0.4) is 0 Å². The molecule has 112 valence electrons. The lowest BCUT2D eigenvalue weighted by Crippen LogP contribution is -2.00. The van der Waals surface area contributed by atoms with Crippen molar-refractivity contribution in [1.29, 1.82) is 0 Å². The van der Waals surface area contributed by atoms with Gasteiger partial charge in [0, 0.05) is 5.02 Å². The molecular weight excluding hydrogens is 330 g/mol. The van der Waals surface area contributed by atoms with E-state index < -0.39 is 11.6 Å². The van der Waals surface area contributed by atoms with Gasteiger partial charge in [-0.2, -0.15) is 4.68 Å². The van der Waals surface area contributed by atoms with Crippen LogP contribution in [0.2, 0.25) is 5.02 Å². The van der Waals surface area contributed by atoms with Crippen LogP contribution in [0.4, 0.5) is 8.78 Å². The lowest BCUT2D eigenvalue weighted by atomic mass is 10.2. The molecule has 0 N–H and O–H groups in total. The zero-order chi connectivity index (χ0) is 15.9. The molecule has 0 radical (unpaired) electrons. The maximum atomic E-state index is 13.8. The summed E-state index contributed by atoms with van der Waals surface area (Å²) in [5, 5.41) is 4.61. The predicted molar refractivity (Wildman–Crippen MR) is 81.8 cm³/mol. The van der Waals surface area contributed by atoms with E-state index in [2.05, 4.69) is 5.10 Å². The Morgan fingerprint density at radius 2 is 1.77 bits per heavy atom. The smallest absolute Gasteiger partial charge is 0.292 e. The molecule has 3 aromatic rings. The fraction of sp³-hybridized carbons (Fsp3) is 0.0667. The van der Waals surface area contributed by atoms with Crippen LogP contribution in [0.25, 0.3) is 17.1 Å². The fourth-order valence-electron chi connectivity index (χ4n) is 2.06. The van der Waals surface area contributed by atoms with Crippen LogP contribution in [-0.4, -0.2) is 9.78 Å². The Morgan fingerprint density at radius 1 is 1.14 bits per heavy atom. The molecule has 3 rings (SSSR count). The van der Waals surface area contributed by atoms with Gasteiger partial charge in [-0.3, -0.25) is 0 Å². The number of benzene rings is 2. The van der Waals surface area contributed by atoms with E-state index in [9.17, 15) is 8.78 Å². The third-order valence-electron chi connectivity index (χ3n) is 3.19. The van der Waals surface area contributed by atoms with Crippen LogP contribution in [0.5, 0.6) is 0 Å². The lowest BCUT2D eigenvalue weighted by Gasteiger charge is -2.05. The van der Waals surface area contributed by atoms with Crippen LogP contribution < -0.4 is 0 Å². The summed E-state index contributed by atoms with van der Waals surface area (Å²) >= 11 is 11.2. The first-order chi connectivity index (χ1) is 10.5. The summed E-state index contributed by atoms with van der Waals surface area (Å²) in [6, 6.07) is 8.70. The van der Waals surface area contributed by atoms with Crippen LogP contribution in [0.1, 0.15) is 5.56 Å². The second-order valence-corrected chi connectivity index (χ2v) is 5.32. The highest BCUT2D eigenvalue weighted by Gasteiger charge is 2.19. The van der Waals surface area contributed by atoms with Gasteiger partial charge in [-0.25, -0.2) is 8.78 Å². The molecule has 0 aliphatic rings. The molecular formula is C15H9ClF2N2OS. The van der Waals surface area contributed by atoms with Crippen LogP contribution >= 0.6 is 23.8 Å². The van der Waals surface area contributed by atoms with Crippen molar-refractivity contribution < 1.29 is 13.2 Å². The van der Waals surface area contributed by atoms with Gasteiger partial charge in [0.05, 0.1) is 5.69 Å². The van der Waals surface area contributed by atoms with Crippen molar-refractivity contribution in [2.75, 3.05) is 0 Å². The van der Waals surface area contributed by atoms with Gasteiger partial charge in [-0.15, -0.1) is 5.10 Å². The Hall–Kier alpha value is -2.05. The van der Waals surface area contributed by atoms with Crippen molar-refractivity contribution in [2.24, 2.45) is 0 Å². The molecule has 0 aliphatic heterocycles. The first-order valence-electron chi connectivity index (χ1n) is 6.29. The molecule has 0 saturated heterocycles. The van der Waals surface area contributed by atoms with E-state index in [0.29, 0.717) is 10.7 Å². The minimum atomic E-state index is -0.772. The minimum absolute atomic E-state index is 0.0250. The molecule has 0 atom stereocenters. The normalized spacial score (nSPS) is 10.9. The number of hydrogen-bond donors (Lipinski definition) is 0. The van der Waals surface area contributed by atoms with Crippen molar-refractivity contribution in [3.05, 3.63) is 63.5 Å². The van der Waals surface area contributed by atoms with Crippen molar-refractivity contribution in [3.63, 3.8) is 0 Å². The first-order valence-corrected chi connectivity index (χ1v) is 7.07. The summed E-state index contributed by atoms with van der Waals surface area (Å²) in [6.07, 6.45) is 0. The molecule has 1 heterocycles. The maximum absolute atomic E-state index is 13.8. The maximum Gasteiger partial charge on any atom is 0.292 e. The standard InChI is InChI=1S/C15H9ClF2N2OS/c1-8-9(16)4-2-7-12(8)20-15(22)21-14(19-20)13-10(17)5-3-6-11(13)18/h2-7H,1H3. The summed E-state index contributed by atoms with van der Waals surface area (Å²) in [5.74, 6) is -1.77. The number of nitrogens with zero attached hydrogens (tertiary/aromatic N) is 2. The zero-order valence-corrected chi connectivity index (χ0v) is 12.9. The molecule has 1 aromatic heterocycles. The van der Waals surface area contributed by atoms with Gasteiger partial charge >= 0.3 is 0 Å². The van der Waals surface area contributed by atoms with Gasteiger partial charge in [0.15, 0.2) is 0 Å². The average Bonchev–Trinajstić information content (AvgIpc) is 2.83. The highest BCUT2D eigenvalue weighted by atomic mass is 35.5. The summed E-state index contributed by atoms with van der Waals surface area (Å²) < 4.78 is 34.2. The average molecular weight is 339 g/mol. The molecule has 0 fully saturated rings. The van der Waals surface area contributed by atoms with E-state index in [0.717, 1.165) is 17.7 Å². The number of hydrogen-bond acceptors (Lipinski definition) is 3. The Morgan fingerprint density at radius 3 is 2.45 bits per heavy atom. The molecule has 0 spiro atoms. The van der Waals surface area contributed by atoms with Crippen LogP contribution in [-0.2, 0) is 0 Å². The van der Waals surface area contributed by atoms with Crippen molar-refractivity contribution in [1.82, 2.24) is 9.78 Å². The molecule has 2 aromatic carbocycles. The first kappa shape index (κ1) is 14.9. The van der Waals surface area contributed by atoms with Gasteiger partial charge in [0.25, 0.3) is 10.7 Å². The van der Waals surface area contributed by atoms with Gasteiger partial charge in [0.1, 0.15) is 17.2 Å². The van der Waals surface area contributed by atoms with Crippen LogP contribution in [0, 0.1) is 23.4 Å². The van der Waals surface area contributed by atoms with E-state index in [4.69, 9.17) is 28.2 Å². The summed E-state index contributed by atoms with van der Waals surface area (Å²) in [4.78, 5) is -0.0250. The van der Waals surface area contributed by atoms with Gasteiger partial charge < -0.3 is 4.42 Å². The number of halogens is 3. The quantitative estimate of drug-likeness (QED) is 0.609. The third kappa shape index (κ3) is 2.44. The molecule has 0 amide bonds. The van der Waals surface area contributed by atoms with E-state index in [1.165, 1.54) is 10.7 Å². The highest BCUT2D eigenvalue weighted by Crippen LogP contribution is 2.27. The van der Waals surface area contributed by atoms with Crippen molar-refractivity contribution in [3.8, 4) is 17.1 Å². The highest BCUT2D eigenvalue weighted by molar-refractivity contribution is 7.71. The Kier molecular flexibility index (Phi) is 3.80. The van der Waals surface area contributed by atoms with Gasteiger partial charge in [-0.05, 0) is 49.0 Å². The van der Waals surface area contributed by atoms with Crippen molar-refractivity contribution in [2.45, 2.75) is 6.92 Å². The molecule has 0 aliphatic carbocycles. The Bertz CT molecular complexity index is 900. The number of rotatable bonds is 2. The summed E-state index contributed by atoms with van der Waals surface area (Å²) in [7, 11) is 0. The largest absolute Gasteiger partial charge is 0.409 e. The monoisotopic (exact) mass is 338 g/mol. The summed E-state index contributed by atoms with van der Waals surface area (Å²) in [5.41, 5.74) is 0.963. The van der Waals surface area contributed by atoms with Crippen molar-refractivity contribution >= 4 is 23.8 Å². The van der Waals surface area contributed by atoms with Gasteiger partial charge in [-0.1, -0.05) is 23.7 Å². The van der Waals surface area contributed by atoms with Gasteiger partial charge in [0.2, 0.25) is 0 Å². The topological polar surface area (TPSA) is 31.0 Å².